The Hall–Kier alpha value is -3.27. The summed E-state index contributed by atoms with van der Waals surface area (Å²) in [4.78, 5) is 23.8. The molecule has 0 saturated heterocycles. The SMILES string of the molecule is NC(=O)Nc1sc2c(c1C(N)=O)CCc1nn(-c3cc(F)cc(F)c3)cc1-2. The molecule has 0 bridgehead atoms. The smallest absolute Gasteiger partial charge is 0.317 e. The first-order valence-corrected chi connectivity index (χ1v) is 8.72. The Bertz CT molecular complexity index is 1080. The number of aryl methyl sites for hydroxylation is 1. The molecule has 1 aromatic carbocycles. The lowest BCUT2D eigenvalue weighted by molar-refractivity contribution is 0.100. The number of carbonyl (C=O) groups is 2. The van der Waals surface area contributed by atoms with Crippen molar-refractivity contribution < 1.29 is 18.4 Å². The minimum Gasteiger partial charge on any atom is -0.365 e. The molecule has 4 rings (SSSR count). The molecule has 0 atom stereocenters. The van der Waals surface area contributed by atoms with E-state index in [4.69, 9.17) is 11.5 Å². The number of halogens is 2. The van der Waals surface area contributed by atoms with Gasteiger partial charge in [0.25, 0.3) is 5.91 Å². The van der Waals surface area contributed by atoms with Crippen molar-refractivity contribution in [1.82, 2.24) is 9.78 Å². The molecule has 0 spiro atoms. The van der Waals surface area contributed by atoms with Crippen molar-refractivity contribution in [3.63, 3.8) is 0 Å². The molecule has 0 saturated carbocycles. The normalized spacial score (nSPS) is 12.4. The number of amides is 3. The molecule has 0 fully saturated rings. The van der Waals surface area contributed by atoms with Gasteiger partial charge in [-0.1, -0.05) is 0 Å². The second-order valence-electron chi connectivity index (χ2n) is 6.03. The van der Waals surface area contributed by atoms with Gasteiger partial charge in [-0.3, -0.25) is 10.1 Å². The molecule has 1 aliphatic rings. The third-order valence-corrected chi connectivity index (χ3v) is 5.43. The molecule has 1 aliphatic carbocycles. The lowest BCUT2D eigenvalue weighted by atomic mass is 9.94. The van der Waals surface area contributed by atoms with Gasteiger partial charge in [0.15, 0.2) is 0 Å². The van der Waals surface area contributed by atoms with Crippen molar-refractivity contribution in [2.75, 3.05) is 5.32 Å². The number of nitrogens with zero attached hydrogens (tertiary/aromatic N) is 2. The molecule has 3 amide bonds. The first-order chi connectivity index (χ1) is 12.8. The lowest BCUT2D eigenvalue weighted by Crippen LogP contribution is -2.22. The molecule has 5 N–H and O–H groups in total. The zero-order valence-electron chi connectivity index (χ0n) is 13.8. The Balaban J connectivity index is 1.85. The van der Waals surface area contributed by atoms with E-state index < -0.39 is 23.6 Å². The Kier molecular flexibility index (Phi) is 3.92. The second kappa shape index (κ2) is 6.16. The van der Waals surface area contributed by atoms with Crippen molar-refractivity contribution in [1.29, 1.82) is 0 Å². The van der Waals surface area contributed by atoms with E-state index in [0.717, 1.165) is 28.0 Å². The number of anilines is 1. The number of primary amides is 2. The van der Waals surface area contributed by atoms with Gasteiger partial charge in [0.2, 0.25) is 0 Å². The van der Waals surface area contributed by atoms with E-state index >= 15 is 0 Å². The minimum atomic E-state index is -0.803. The van der Waals surface area contributed by atoms with Gasteiger partial charge < -0.3 is 11.5 Å². The largest absolute Gasteiger partial charge is 0.365 e. The van der Waals surface area contributed by atoms with Crippen molar-refractivity contribution >= 4 is 28.3 Å². The number of nitrogens with two attached hydrogens (primary N) is 2. The number of benzene rings is 1. The van der Waals surface area contributed by atoms with Crippen LogP contribution in [0.15, 0.2) is 24.4 Å². The topological polar surface area (TPSA) is 116 Å². The number of carbonyl (C=O) groups excluding carboxylic acids is 2. The summed E-state index contributed by atoms with van der Waals surface area (Å²) in [7, 11) is 0. The van der Waals surface area contributed by atoms with Crippen molar-refractivity contribution in [3.05, 3.63) is 52.9 Å². The van der Waals surface area contributed by atoms with Crippen LogP contribution >= 0.6 is 11.3 Å². The number of hydrogen-bond donors (Lipinski definition) is 3. The van der Waals surface area contributed by atoms with Gasteiger partial charge in [-0.05, 0) is 30.5 Å². The summed E-state index contributed by atoms with van der Waals surface area (Å²) < 4.78 is 28.4. The predicted molar refractivity (Wildman–Crippen MR) is 95.9 cm³/mol. The quantitative estimate of drug-likeness (QED) is 0.639. The van der Waals surface area contributed by atoms with Crippen LogP contribution in [-0.4, -0.2) is 21.7 Å². The van der Waals surface area contributed by atoms with E-state index in [0.29, 0.717) is 24.0 Å². The summed E-state index contributed by atoms with van der Waals surface area (Å²) in [6, 6.07) is 2.32. The predicted octanol–water partition coefficient (Wildman–Crippen LogP) is 2.57. The summed E-state index contributed by atoms with van der Waals surface area (Å²) >= 11 is 1.16. The van der Waals surface area contributed by atoms with E-state index in [-0.39, 0.29) is 16.3 Å². The highest BCUT2D eigenvalue weighted by Crippen LogP contribution is 2.45. The number of fused-ring (bicyclic) bond motifs is 3. The van der Waals surface area contributed by atoms with Gasteiger partial charge in [-0.25, -0.2) is 18.3 Å². The molecule has 0 unspecified atom stereocenters. The monoisotopic (exact) mass is 389 g/mol. The molecular weight excluding hydrogens is 376 g/mol. The number of nitrogens with one attached hydrogen (secondary N) is 1. The maximum absolute atomic E-state index is 13.5. The lowest BCUT2D eigenvalue weighted by Gasteiger charge is -2.11. The van der Waals surface area contributed by atoms with Crippen molar-refractivity contribution in [2.45, 2.75) is 12.8 Å². The third-order valence-electron chi connectivity index (χ3n) is 4.25. The molecule has 7 nitrogen and oxygen atoms in total. The standard InChI is InChI=1S/C17H13F2N5O2S/c18-7-3-8(19)5-9(4-7)24-6-11-12(23-24)2-1-10-13(15(20)25)16(22-17(21)26)27-14(10)11/h3-6H,1-2H2,(H2,20,25)(H3,21,22,26). The molecule has 3 aromatic rings. The Morgan fingerprint density at radius 2 is 1.85 bits per heavy atom. The Morgan fingerprint density at radius 3 is 2.48 bits per heavy atom. The van der Waals surface area contributed by atoms with Crippen LogP contribution in [0.3, 0.4) is 0 Å². The summed E-state index contributed by atoms with van der Waals surface area (Å²) in [5.74, 6) is -2.09. The fraction of sp³-hybridized carbons (Fsp3) is 0.118. The second-order valence-corrected chi connectivity index (χ2v) is 7.05. The fourth-order valence-corrected chi connectivity index (χ4v) is 4.50. The average molecular weight is 389 g/mol. The van der Waals surface area contributed by atoms with Gasteiger partial charge in [-0.15, -0.1) is 11.3 Å². The van der Waals surface area contributed by atoms with Crippen LogP contribution < -0.4 is 16.8 Å². The van der Waals surface area contributed by atoms with Crippen LogP contribution in [0.25, 0.3) is 16.1 Å². The zero-order chi connectivity index (χ0) is 19.3. The van der Waals surface area contributed by atoms with E-state index in [9.17, 15) is 18.4 Å². The molecule has 2 heterocycles. The van der Waals surface area contributed by atoms with E-state index in [1.165, 1.54) is 16.8 Å². The van der Waals surface area contributed by atoms with Crippen LogP contribution in [0.4, 0.5) is 18.6 Å². The van der Waals surface area contributed by atoms with Crippen LogP contribution in [-0.2, 0) is 12.8 Å². The number of hydrogen-bond acceptors (Lipinski definition) is 4. The molecule has 138 valence electrons. The maximum Gasteiger partial charge on any atom is 0.317 e. The molecule has 2 aromatic heterocycles. The van der Waals surface area contributed by atoms with Gasteiger partial charge in [-0.2, -0.15) is 5.10 Å². The van der Waals surface area contributed by atoms with Gasteiger partial charge in [0, 0.05) is 22.7 Å². The summed E-state index contributed by atoms with van der Waals surface area (Å²) in [6.07, 6.45) is 2.64. The third kappa shape index (κ3) is 2.93. The highest BCUT2D eigenvalue weighted by atomic mass is 32.1. The van der Waals surface area contributed by atoms with Crippen LogP contribution in [0.5, 0.6) is 0 Å². The Labute approximate surface area is 155 Å². The highest BCUT2D eigenvalue weighted by molar-refractivity contribution is 7.20. The fourth-order valence-electron chi connectivity index (χ4n) is 3.21. The molecule has 0 radical (unpaired) electrons. The summed E-state index contributed by atoms with van der Waals surface area (Å²) in [6.45, 7) is 0. The minimum absolute atomic E-state index is 0.226. The first kappa shape index (κ1) is 17.2. The summed E-state index contributed by atoms with van der Waals surface area (Å²) in [5.41, 5.74) is 13.3. The molecule has 27 heavy (non-hydrogen) atoms. The van der Waals surface area contributed by atoms with Gasteiger partial charge >= 0.3 is 6.03 Å². The molecule has 0 aliphatic heterocycles. The van der Waals surface area contributed by atoms with E-state index in [1.807, 2.05) is 0 Å². The van der Waals surface area contributed by atoms with Gasteiger partial charge in [0.05, 0.1) is 16.9 Å². The highest BCUT2D eigenvalue weighted by Gasteiger charge is 2.29. The zero-order valence-corrected chi connectivity index (χ0v) is 14.6. The maximum atomic E-state index is 13.5. The first-order valence-electron chi connectivity index (χ1n) is 7.91. The van der Waals surface area contributed by atoms with Gasteiger partial charge in [0.1, 0.15) is 16.6 Å². The van der Waals surface area contributed by atoms with Crippen LogP contribution in [0.1, 0.15) is 21.6 Å². The molecule has 10 heteroatoms. The number of urea groups is 1. The van der Waals surface area contributed by atoms with Crippen LogP contribution in [0, 0.1) is 11.6 Å². The number of rotatable bonds is 3. The van der Waals surface area contributed by atoms with Crippen LogP contribution in [0.2, 0.25) is 0 Å². The average Bonchev–Trinajstić information content (AvgIpc) is 3.13. The number of aromatic nitrogens is 2. The Morgan fingerprint density at radius 1 is 1.15 bits per heavy atom. The van der Waals surface area contributed by atoms with E-state index in [1.54, 1.807) is 6.20 Å². The summed E-state index contributed by atoms with van der Waals surface area (Å²) in [5, 5.41) is 7.11. The number of thiophene rings is 1. The van der Waals surface area contributed by atoms with E-state index in [2.05, 4.69) is 10.4 Å². The van der Waals surface area contributed by atoms with Crippen molar-refractivity contribution in [3.8, 4) is 16.1 Å². The van der Waals surface area contributed by atoms with Crippen molar-refractivity contribution in [2.24, 2.45) is 11.5 Å². The molecular formula is C17H13F2N5O2S.